The molecule has 1 aromatic heterocycles. The van der Waals surface area contributed by atoms with Gasteiger partial charge in [0.15, 0.2) is 0 Å². The van der Waals surface area contributed by atoms with Crippen LogP contribution in [0.2, 0.25) is 0 Å². The molecule has 0 unspecified atom stereocenters. The first kappa shape index (κ1) is 11.1. The quantitative estimate of drug-likeness (QED) is 0.716. The standard InChI is InChI=1S/C16H16N2/c1-17-16(12-7-3-2-4-8-12)14-11-18-15-10-6-5-9-13(14)15/h2-11,16-18H,1H3/t16-/m1/s1. The normalized spacial score (nSPS) is 12.7. The lowest BCUT2D eigenvalue weighted by molar-refractivity contribution is 0.697. The second-order valence-electron chi connectivity index (χ2n) is 4.42. The zero-order chi connectivity index (χ0) is 12.4. The maximum Gasteiger partial charge on any atom is 0.0595 e. The Balaban J connectivity index is 2.12. The van der Waals surface area contributed by atoms with Gasteiger partial charge in [-0.25, -0.2) is 0 Å². The van der Waals surface area contributed by atoms with Gasteiger partial charge in [-0.3, -0.25) is 0 Å². The number of hydrogen-bond acceptors (Lipinski definition) is 1. The molecule has 3 aromatic rings. The lowest BCUT2D eigenvalue weighted by Gasteiger charge is -2.16. The summed E-state index contributed by atoms with van der Waals surface area (Å²) >= 11 is 0. The van der Waals surface area contributed by atoms with Crippen molar-refractivity contribution >= 4 is 10.9 Å². The fourth-order valence-electron chi connectivity index (χ4n) is 2.48. The number of nitrogens with one attached hydrogen (secondary N) is 2. The highest BCUT2D eigenvalue weighted by Gasteiger charge is 2.15. The largest absolute Gasteiger partial charge is 0.361 e. The van der Waals surface area contributed by atoms with E-state index in [0.717, 1.165) is 0 Å². The van der Waals surface area contributed by atoms with E-state index in [2.05, 4.69) is 65.0 Å². The molecule has 1 heterocycles. The van der Waals surface area contributed by atoms with Gasteiger partial charge in [0.05, 0.1) is 6.04 Å². The number of rotatable bonds is 3. The summed E-state index contributed by atoms with van der Waals surface area (Å²) in [6, 6.07) is 19.1. The Morgan fingerprint density at radius 2 is 1.67 bits per heavy atom. The van der Waals surface area contributed by atoms with Crippen molar-refractivity contribution in [2.45, 2.75) is 6.04 Å². The number of aromatic amines is 1. The molecule has 0 saturated heterocycles. The molecule has 0 aliphatic heterocycles. The van der Waals surface area contributed by atoms with Gasteiger partial charge in [0, 0.05) is 17.1 Å². The minimum absolute atomic E-state index is 0.224. The van der Waals surface area contributed by atoms with Crippen molar-refractivity contribution in [1.29, 1.82) is 0 Å². The van der Waals surface area contributed by atoms with Gasteiger partial charge >= 0.3 is 0 Å². The molecule has 3 rings (SSSR count). The van der Waals surface area contributed by atoms with E-state index in [1.807, 2.05) is 13.1 Å². The summed E-state index contributed by atoms with van der Waals surface area (Å²) in [4.78, 5) is 3.33. The van der Waals surface area contributed by atoms with Crippen LogP contribution >= 0.6 is 0 Å². The third-order valence-corrected chi connectivity index (χ3v) is 3.35. The minimum atomic E-state index is 0.224. The molecule has 2 nitrogen and oxygen atoms in total. The summed E-state index contributed by atoms with van der Waals surface area (Å²) in [5.41, 5.74) is 3.76. The minimum Gasteiger partial charge on any atom is -0.361 e. The number of benzene rings is 2. The summed E-state index contributed by atoms with van der Waals surface area (Å²) in [5.74, 6) is 0. The van der Waals surface area contributed by atoms with Crippen molar-refractivity contribution in [3.05, 3.63) is 71.9 Å². The predicted molar refractivity (Wildman–Crippen MR) is 75.6 cm³/mol. The average Bonchev–Trinajstić information content (AvgIpc) is 2.85. The number of H-pyrrole nitrogens is 1. The zero-order valence-corrected chi connectivity index (χ0v) is 10.4. The molecule has 0 fully saturated rings. The summed E-state index contributed by atoms with van der Waals surface area (Å²) in [6.45, 7) is 0. The summed E-state index contributed by atoms with van der Waals surface area (Å²) in [7, 11) is 2.00. The van der Waals surface area contributed by atoms with Crippen molar-refractivity contribution in [3.63, 3.8) is 0 Å². The SMILES string of the molecule is CN[C@H](c1ccccc1)c1c[nH]c2ccccc12. The molecular weight excluding hydrogens is 220 g/mol. The molecule has 1 atom stereocenters. The van der Waals surface area contributed by atoms with Crippen LogP contribution in [0.5, 0.6) is 0 Å². The zero-order valence-electron chi connectivity index (χ0n) is 10.4. The van der Waals surface area contributed by atoms with Gasteiger partial charge in [0.2, 0.25) is 0 Å². The number of fused-ring (bicyclic) bond motifs is 1. The molecule has 2 aromatic carbocycles. The average molecular weight is 236 g/mol. The molecule has 0 radical (unpaired) electrons. The van der Waals surface area contributed by atoms with Crippen LogP contribution in [0.4, 0.5) is 0 Å². The van der Waals surface area contributed by atoms with Crippen LogP contribution < -0.4 is 5.32 Å². The Morgan fingerprint density at radius 3 is 2.44 bits per heavy atom. The number of aromatic nitrogens is 1. The molecule has 0 aliphatic carbocycles. The second kappa shape index (κ2) is 4.67. The fourth-order valence-corrected chi connectivity index (χ4v) is 2.48. The van der Waals surface area contributed by atoms with E-state index in [1.54, 1.807) is 0 Å². The van der Waals surface area contributed by atoms with Crippen LogP contribution in [0.15, 0.2) is 60.8 Å². The molecule has 0 amide bonds. The summed E-state index contributed by atoms with van der Waals surface area (Å²) < 4.78 is 0. The maximum atomic E-state index is 3.39. The van der Waals surface area contributed by atoms with Crippen LogP contribution in [0.25, 0.3) is 10.9 Å². The highest BCUT2D eigenvalue weighted by Crippen LogP contribution is 2.28. The van der Waals surface area contributed by atoms with E-state index in [1.165, 1.54) is 22.0 Å². The first-order chi connectivity index (χ1) is 8.90. The van der Waals surface area contributed by atoms with Crippen LogP contribution in [-0.4, -0.2) is 12.0 Å². The van der Waals surface area contributed by atoms with Crippen LogP contribution in [0.3, 0.4) is 0 Å². The van der Waals surface area contributed by atoms with Crippen molar-refractivity contribution in [2.24, 2.45) is 0 Å². The fraction of sp³-hybridized carbons (Fsp3) is 0.125. The van der Waals surface area contributed by atoms with Crippen molar-refractivity contribution in [3.8, 4) is 0 Å². The van der Waals surface area contributed by atoms with Gasteiger partial charge in [-0.05, 0) is 24.2 Å². The van der Waals surface area contributed by atoms with Gasteiger partial charge in [-0.15, -0.1) is 0 Å². The Bertz CT molecular complexity index is 640. The Labute approximate surface area is 107 Å². The second-order valence-corrected chi connectivity index (χ2v) is 4.42. The van der Waals surface area contributed by atoms with Gasteiger partial charge < -0.3 is 10.3 Å². The smallest absolute Gasteiger partial charge is 0.0595 e. The third-order valence-electron chi connectivity index (χ3n) is 3.35. The molecular formula is C16H16N2. The molecule has 2 N–H and O–H groups in total. The third kappa shape index (κ3) is 1.81. The van der Waals surface area contributed by atoms with E-state index < -0.39 is 0 Å². The molecule has 18 heavy (non-hydrogen) atoms. The number of hydrogen-bond donors (Lipinski definition) is 2. The number of para-hydroxylation sites is 1. The monoisotopic (exact) mass is 236 g/mol. The van der Waals surface area contributed by atoms with Gasteiger partial charge in [0.25, 0.3) is 0 Å². The van der Waals surface area contributed by atoms with E-state index in [4.69, 9.17) is 0 Å². The maximum absolute atomic E-state index is 3.39. The molecule has 0 spiro atoms. The van der Waals surface area contributed by atoms with Crippen LogP contribution in [-0.2, 0) is 0 Å². The van der Waals surface area contributed by atoms with Crippen molar-refractivity contribution < 1.29 is 0 Å². The molecule has 0 saturated carbocycles. The first-order valence-corrected chi connectivity index (χ1v) is 6.18. The van der Waals surface area contributed by atoms with Crippen molar-refractivity contribution in [1.82, 2.24) is 10.3 Å². The van der Waals surface area contributed by atoms with E-state index in [-0.39, 0.29) is 6.04 Å². The summed E-state index contributed by atoms with van der Waals surface area (Å²) in [5, 5.41) is 4.67. The Morgan fingerprint density at radius 1 is 0.944 bits per heavy atom. The topological polar surface area (TPSA) is 27.8 Å². The van der Waals surface area contributed by atoms with Crippen LogP contribution in [0.1, 0.15) is 17.2 Å². The molecule has 90 valence electrons. The highest BCUT2D eigenvalue weighted by molar-refractivity contribution is 5.84. The van der Waals surface area contributed by atoms with Crippen molar-refractivity contribution in [2.75, 3.05) is 7.05 Å². The highest BCUT2D eigenvalue weighted by atomic mass is 14.9. The molecule has 0 aliphatic rings. The molecule has 2 heteroatoms. The van der Waals surface area contributed by atoms with E-state index >= 15 is 0 Å². The predicted octanol–water partition coefficient (Wildman–Crippen LogP) is 3.48. The Hall–Kier alpha value is -2.06. The Kier molecular flexibility index (Phi) is 2.87. The van der Waals surface area contributed by atoms with Gasteiger partial charge in [-0.1, -0.05) is 48.5 Å². The van der Waals surface area contributed by atoms with E-state index in [9.17, 15) is 0 Å². The van der Waals surface area contributed by atoms with Gasteiger partial charge in [0.1, 0.15) is 0 Å². The lowest BCUT2D eigenvalue weighted by atomic mass is 9.98. The molecule has 0 bridgehead atoms. The lowest BCUT2D eigenvalue weighted by Crippen LogP contribution is -2.17. The summed E-state index contributed by atoms with van der Waals surface area (Å²) in [6.07, 6.45) is 2.10. The first-order valence-electron chi connectivity index (χ1n) is 6.18. The van der Waals surface area contributed by atoms with Gasteiger partial charge in [-0.2, -0.15) is 0 Å². The van der Waals surface area contributed by atoms with Crippen LogP contribution in [0, 0.1) is 0 Å². The van der Waals surface area contributed by atoms with E-state index in [0.29, 0.717) is 0 Å².